The summed E-state index contributed by atoms with van der Waals surface area (Å²) < 4.78 is 39.3. The Morgan fingerprint density at radius 3 is 2.47 bits per heavy atom. The zero-order chi connectivity index (χ0) is 12.9. The van der Waals surface area contributed by atoms with Gasteiger partial charge in [0.05, 0.1) is 6.61 Å². The van der Waals surface area contributed by atoms with Gasteiger partial charge in [-0.05, 0) is 12.8 Å². The lowest BCUT2D eigenvalue weighted by molar-refractivity contribution is -0.325. The third kappa shape index (κ3) is 4.81. The highest BCUT2D eigenvalue weighted by molar-refractivity contribution is 4.92. The highest BCUT2D eigenvalue weighted by Crippen LogP contribution is 2.20. The minimum atomic E-state index is -4.51. The van der Waals surface area contributed by atoms with Gasteiger partial charge in [0.1, 0.15) is 0 Å². The fraction of sp³-hybridized carbons (Fsp3) is 1.00. The fourth-order valence-electron chi connectivity index (χ4n) is 2.25. The molecule has 102 valence electrons. The van der Waals surface area contributed by atoms with E-state index in [0.717, 1.165) is 32.5 Å². The van der Waals surface area contributed by atoms with Crippen LogP contribution in [0.2, 0.25) is 0 Å². The molecule has 0 aliphatic carbocycles. The predicted octanol–water partition coefficient (Wildman–Crippen LogP) is 1.99. The van der Waals surface area contributed by atoms with E-state index in [1.807, 2.05) is 4.90 Å². The largest absolute Gasteiger partial charge is 0.522 e. The van der Waals surface area contributed by atoms with Crippen LogP contribution in [0, 0.1) is 0 Å². The van der Waals surface area contributed by atoms with Crippen LogP contribution in [0.15, 0.2) is 0 Å². The van der Waals surface area contributed by atoms with Gasteiger partial charge in [-0.1, -0.05) is 13.8 Å². The molecular formula is C11H21F3N2O. The van der Waals surface area contributed by atoms with Crippen molar-refractivity contribution in [2.75, 3.05) is 32.8 Å². The summed E-state index contributed by atoms with van der Waals surface area (Å²) >= 11 is 0. The van der Waals surface area contributed by atoms with Gasteiger partial charge in [0.2, 0.25) is 0 Å². The molecule has 0 aromatic carbocycles. The lowest BCUT2D eigenvalue weighted by Gasteiger charge is -2.43. The number of hydrogen-bond acceptors (Lipinski definition) is 3. The second-order valence-electron chi connectivity index (χ2n) is 4.48. The number of nitrogens with zero attached hydrogens (tertiary/aromatic N) is 1. The van der Waals surface area contributed by atoms with E-state index in [9.17, 15) is 13.2 Å². The van der Waals surface area contributed by atoms with Crippen molar-refractivity contribution in [1.29, 1.82) is 0 Å². The molecule has 1 fully saturated rings. The molecule has 0 atom stereocenters. The first-order chi connectivity index (χ1) is 7.91. The topological polar surface area (TPSA) is 24.5 Å². The van der Waals surface area contributed by atoms with E-state index >= 15 is 0 Å². The molecule has 0 radical (unpaired) electrons. The van der Waals surface area contributed by atoms with Gasteiger partial charge in [0, 0.05) is 31.7 Å². The Morgan fingerprint density at radius 2 is 1.94 bits per heavy atom. The Balaban J connectivity index is 2.35. The van der Waals surface area contributed by atoms with Crippen LogP contribution >= 0.6 is 0 Å². The maximum absolute atomic E-state index is 11.8. The van der Waals surface area contributed by atoms with Crippen molar-refractivity contribution < 1.29 is 17.9 Å². The van der Waals surface area contributed by atoms with Gasteiger partial charge in [-0.2, -0.15) is 0 Å². The zero-order valence-corrected chi connectivity index (χ0v) is 10.4. The number of piperazine rings is 1. The lowest BCUT2D eigenvalue weighted by Crippen LogP contribution is -2.60. The summed E-state index contributed by atoms with van der Waals surface area (Å²) in [4.78, 5) is 2.04. The number of nitrogens with one attached hydrogen (secondary N) is 1. The van der Waals surface area contributed by atoms with Crippen molar-refractivity contribution in [3.8, 4) is 0 Å². The third-order valence-electron chi connectivity index (χ3n) is 3.48. The van der Waals surface area contributed by atoms with Crippen LogP contribution in [0.5, 0.6) is 0 Å². The first-order valence-corrected chi connectivity index (χ1v) is 6.09. The van der Waals surface area contributed by atoms with Crippen LogP contribution in [0.25, 0.3) is 0 Å². The summed E-state index contributed by atoms with van der Waals surface area (Å²) in [6.07, 6.45) is -2.54. The Labute approximate surface area is 100 Å². The minimum absolute atomic E-state index is 0.0521. The summed E-state index contributed by atoms with van der Waals surface area (Å²) in [5.41, 5.74) is 0.0521. The molecule has 3 nitrogen and oxygen atoms in total. The molecule has 0 unspecified atom stereocenters. The van der Waals surface area contributed by atoms with Gasteiger partial charge in [-0.3, -0.25) is 9.64 Å². The van der Waals surface area contributed by atoms with Crippen molar-refractivity contribution >= 4 is 0 Å². The summed E-state index contributed by atoms with van der Waals surface area (Å²) in [5.74, 6) is 0. The molecule has 1 heterocycles. The molecule has 0 amide bonds. The Bertz CT molecular complexity index is 229. The van der Waals surface area contributed by atoms with E-state index in [1.54, 1.807) is 0 Å². The highest BCUT2D eigenvalue weighted by atomic mass is 19.4. The molecule has 1 aliphatic heterocycles. The van der Waals surface area contributed by atoms with Gasteiger partial charge < -0.3 is 5.32 Å². The molecule has 17 heavy (non-hydrogen) atoms. The predicted molar refractivity (Wildman–Crippen MR) is 59.8 cm³/mol. The van der Waals surface area contributed by atoms with Crippen LogP contribution in [0.3, 0.4) is 0 Å². The van der Waals surface area contributed by atoms with E-state index in [2.05, 4.69) is 23.9 Å². The van der Waals surface area contributed by atoms with E-state index in [0.29, 0.717) is 6.54 Å². The molecule has 0 bridgehead atoms. The molecule has 0 saturated carbocycles. The lowest BCUT2D eigenvalue weighted by atomic mass is 9.90. The molecule has 0 aromatic heterocycles. The van der Waals surface area contributed by atoms with Gasteiger partial charge in [0.15, 0.2) is 0 Å². The quantitative estimate of drug-likeness (QED) is 0.812. The number of rotatable bonds is 5. The van der Waals surface area contributed by atoms with Crippen LogP contribution in [-0.2, 0) is 4.74 Å². The van der Waals surface area contributed by atoms with Gasteiger partial charge in [-0.25, -0.2) is 0 Å². The van der Waals surface area contributed by atoms with E-state index in [4.69, 9.17) is 0 Å². The molecule has 1 N–H and O–H groups in total. The SMILES string of the molecule is CCC1(CC)CN(CCOC(F)(F)F)CCN1. The van der Waals surface area contributed by atoms with Crippen molar-refractivity contribution in [3.05, 3.63) is 0 Å². The standard InChI is InChI=1S/C11H21F3N2O/c1-3-10(4-2)9-16(6-5-15-10)7-8-17-11(12,13)14/h15H,3-9H2,1-2H3. The molecule has 0 aromatic rings. The Morgan fingerprint density at radius 1 is 1.29 bits per heavy atom. The number of ether oxygens (including phenoxy) is 1. The zero-order valence-electron chi connectivity index (χ0n) is 10.4. The third-order valence-corrected chi connectivity index (χ3v) is 3.48. The smallest absolute Gasteiger partial charge is 0.309 e. The summed E-state index contributed by atoms with van der Waals surface area (Å²) in [7, 11) is 0. The fourth-order valence-corrected chi connectivity index (χ4v) is 2.25. The van der Waals surface area contributed by atoms with Gasteiger partial charge in [-0.15, -0.1) is 13.2 Å². The number of hydrogen-bond donors (Lipinski definition) is 1. The number of halogens is 3. The summed E-state index contributed by atoms with van der Waals surface area (Å²) in [6, 6.07) is 0. The normalized spacial score (nSPS) is 21.7. The van der Waals surface area contributed by atoms with Crippen LogP contribution in [0.1, 0.15) is 26.7 Å². The summed E-state index contributed by atoms with van der Waals surface area (Å²) in [5, 5.41) is 3.46. The molecule has 0 spiro atoms. The second-order valence-corrected chi connectivity index (χ2v) is 4.48. The average molecular weight is 254 g/mol. The van der Waals surface area contributed by atoms with E-state index < -0.39 is 6.36 Å². The molecule has 1 rings (SSSR count). The minimum Gasteiger partial charge on any atom is -0.309 e. The molecule has 1 saturated heterocycles. The van der Waals surface area contributed by atoms with E-state index in [-0.39, 0.29) is 12.1 Å². The first kappa shape index (κ1) is 14.7. The average Bonchev–Trinajstić information content (AvgIpc) is 2.27. The van der Waals surface area contributed by atoms with Crippen LogP contribution in [-0.4, -0.2) is 49.6 Å². The Kier molecular flexibility index (Phi) is 5.22. The second kappa shape index (κ2) is 6.02. The van der Waals surface area contributed by atoms with Gasteiger partial charge in [0.25, 0.3) is 0 Å². The van der Waals surface area contributed by atoms with Gasteiger partial charge >= 0.3 is 6.36 Å². The molecule has 6 heteroatoms. The monoisotopic (exact) mass is 254 g/mol. The summed E-state index contributed by atoms with van der Waals surface area (Å²) in [6.45, 7) is 6.66. The van der Waals surface area contributed by atoms with Crippen molar-refractivity contribution in [3.63, 3.8) is 0 Å². The highest BCUT2D eigenvalue weighted by Gasteiger charge is 2.33. The van der Waals surface area contributed by atoms with Crippen LogP contribution in [0.4, 0.5) is 13.2 Å². The molecule has 1 aliphatic rings. The number of alkyl halides is 3. The van der Waals surface area contributed by atoms with Crippen LogP contribution < -0.4 is 5.32 Å². The maximum Gasteiger partial charge on any atom is 0.522 e. The Hall–Kier alpha value is -0.330. The first-order valence-electron chi connectivity index (χ1n) is 6.09. The van der Waals surface area contributed by atoms with Crippen molar-refractivity contribution in [1.82, 2.24) is 10.2 Å². The van der Waals surface area contributed by atoms with E-state index in [1.165, 1.54) is 0 Å². The maximum atomic E-state index is 11.8. The van der Waals surface area contributed by atoms with Crippen molar-refractivity contribution in [2.24, 2.45) is 0 Å². The molecular weight excluding hydrogens is 233 g/mol. The van der Waals surface area contributed by atoms with Crippen molar-refractivity contribution in [2.45, 2.75) is 38.6 Å².